The summed E-state index contributed by atoms with van der Waals surface area (Å²) in [6.07, 6.45) is 0.781. The minimum atomic E-state index is -0.479. The van der Waals surface area contributed by atoms with Crippen molar-refractivity contribution in [2.75, 3.05) is 5.32 Å². The van der Waals surface area contributed by atoms with Crippen LogP contribution in [-0.2, 0) is 13.0 Å². The summed E-state index contributed by atoms with van der Waals surface area (Å²) in [6, 6.07) is 16.7. The van der Waals surface area contributed by atoms with Gasteiger partial charge in [-0.15, -0.1) is 0 Å². The quantitative estimate of drug-likeness (QED) is 0.659. The maximum Gasteiger partial charge on any atom is 0.274 e. The second-order valence-electron chi connectivity index (χ2n) is 6.60. The molecule has 0 aliphatic rings. The summed E-state index contributed by atoms with van der Waals surface area (Å²) in [4.78, 5) is 29.2. The van der Waals surface area contributed by atoms with E-state index in [-0.39, 0.29) is 23.7 Å². The summed E-state index contributed by atoms with van der Waals surface area (Å²) in [5.74, 6) is -1.26. The fraction of sp³-hybridized carbons (Fsp3) is 0.174. The highest BCUT2D eigenvalue weighted by Gasteiger charge is 2.15. The van der Waals surface area contributed by atoms with Gasteiger partial charge in [0.05, 0.1) is 0 Å². The third-order valence-corrected chi connectivity index (χ3v) is 4.59. The molecule has 0 aliphatic carbocycles. The Labute approximate surface area is 169 Å². The van der Waals surface area contributed by atoms with Crippen molar-refractivity contribution in [3.63, 3.8) is 0 Å². The summed E-state index contributed by atoms with van der Waals surface area (Å²) in [6.45, 7) is 3.98. The Morgan fingerprint density at radius 2 is 1.55 bits per heavy atom. The van der Waals surface area contributed by atoms with E-state index in [4.69, 9.17) is 0 Å². The SMILES string of the molecule is CCc1cccc(C)c1NC(=O)c1cccc(C(=O)NCc2ccccc2F)n1. The fourth-order valence-corrected chi connectivity index (χ4v) is 2.98. The Balaban J connectivity index is 1.73. The number of nitrogens with zero attached hydrogens (tertiary/aromatic N) is 1. The standard InChI is InChI=1S/C23H22FN3O2/c1-3-16-10-6-8-15(2)21(16)27-23(29)20-13-7-12-19(26-20)22(28)25-14-17-9-4-5-11-18(17)24/h4-13H,3,14H2,1-2H3,(H,25,28)(H,27,29). The lowest BCUT2D eigenvalue weighted by Crippen LogP contribution is -2.25. The molecule has 0 atom stereocenters. The Kier molecular flexibility index (Phi) is 6.34. The first-order chi connectivity index (χ1) is 14.0. The van der Waals surface area contributed by atoms with Crippen molar-refractivity contribution in [1.82, 2.24) is 10.3 Å². The number of pyridine rings is 1. The first kappa shape index (κ1) is 20.2. The maximum absolute atomic E-state index is 13.7. The Hall–Kier alpha value is -3.54. The van der Waals surface area contributed by atoms with Gasteiger partial charge in [0.15, 0.2) is 0 Å². The highest BCUT2D eigenvalue weighted by molar-refractivity contribution is 6.04. The van der Waals surface area contributed by atoms with E-state index in [2.05, 4.69) is 15.6 Å². The topological polar surface area (TPSA) is 71.1 Å². The Bertz CT molecular complexity index is 1050. The summed E-state index contributed by atoms with van der Waals surface area (Å²) in [5.41, 5.74) is 3.34. The minimum absolute atomic E-state index is 0.0344. The van der Waals surface area contributed by atoms with Crippen LogP contribution in [0.15, 0.2) is 60.7 Å². The van der Waals surface area contributed by atoms with Gasteiger partial charge < -0.3 is 10.6 Å². The molecule has 29 heavy (non-hydrogen) atoms. The van der Waals surface area contributed by atoms with E-state index < -0.39 is 11.8 Å². The van der Waals surface area contributed by atoms with Crippen LogP contribution in [0, 0.1) is 12.7 Å². The number of hydrogen-bond acceptors (Lipinski definition) is 3. The maximum atomic E-state index is 13.7. The molecular weight excluding hydrogens is 369 g/mol. The van der Waals surface area contributed by atoms with Crippen LogP contribution >= 0.6 is 0 Å². The van der Waals surface area contributed by atoms with Gasteiger partial charge in [-0.1, -0.05) is 49.4 Å². The molecule has 6 heteroatoms. The molecule has 0 saturated heterocycles. The number of aromatic nitrogens is 1. The molecule has 0 fully saturated rings. The van der Waals surface area contributed by atoms with Crippen molar-refractivity contribution in [3.05, 3.63) is 94.6 Å². The average Bonchev–Trinajstić information content (AvgIpc) is 2.74. The summed E-state index contributed by atoms with van der Waals surface area (Å²) < 4.78 is 13.7. The molecule has 0 saturated carbocycles. The van der Waals surface area contributed by atoms with Crippen molar-refractivity contribution in [2.45, 2.75) is 26.8 Å². The molecule has 5 nitrogen and oxygen atoms in total. The number of para-hydroxylation sites is 1. The lowest BCUT2D eigenvalue weighted by molar-refractivity contribution is 0.0945. The lowest BCUT2D eigenvalue weighted by Gasteiger charge is -2.13. The van der Waals surface area contributed by atoms with Crippen molar-refractivity contribution < 1.29 is 14.0 Å². The van der Waals surface area contributed by atoms with E-state index in [1.807, 2.05) is 32.0 Å². The molecule has 0 spiro atoms. The van der Waals surface area contributed by atoms with Gasteiger partial charge in [0.2, 0.25) is 0 Å². The smallest absolute Gasteiger partial charge is 0.274 e. The molecule has 0 radical (unpaired) electrons. The van der Waals surface area contributed by atoms with E-state index >= 15 is 0 Å². The molecule has 2 aromatic carbocycles. The van der Waals surface area contributed by atoms with E-state index in [1.165, 1.54) is 12.1 Å². The van der Waals surface area contributed by atoms with Crippen molar-refractivity contribution >= 4 is 17.5 Å². The molecule has 3 aromatic rings. The number of anilines is 1. The van der Waals surface area contributed by atoms with Crippen molar-refractivity contribution in [3.8, 4) is 0 Å². The van der Waals surface area contributed by atoms with Crippen LogP contribution in [0.3, 0.4) is 0 Å². The third-order valence-electron chi connectivity index (χ3n) is 4.59. The van der Waals surface area contributed by atoms with Gasteiger partial charge in [0, 0.05) is 17.8 Å². The number of carbonyl (C=O) groups is 2. The van der Waals surface area contributed by atoms with Gasteiger partial charge in [-0.3, -0.25) is 9.59 Å². The molecule has 0 aliphatic heterocycles. The molecular formula is C23H22FN3O2. The van der Waals surface area contributed by atoms with Crippen LogP contribution in [0.1, 0.15) is 44.6 Å². The summed E-state index contributed by atoms with van der Waals surface area (Å²) >= 11 is 0. The van der Waals surface area contributed by atoms with Crippen LogP contribution in [0.5, 0.6) is 0 Å². The first-order valence-corrected chi connectivity index (χ1v) is 9.38. The van der Waals surface area contributed by atoms with Gasteiger partial charge in [-0.25, -0.2) is 9.37 Å². The largest absolute Gasteiger partial charge is 0.347 e. The number of hydrogen-bond donors (Lipinski definition) is 2. The Morgan fingerprint density at radius 1 is 0.897 bits per heavy atom. The van der Waals surface area contributed by atoms with Crippen LogP contribution in [0.2, 0.25) is 0 Å². The number of amides is 2. The van der Waals surface area contributed by atoms with Crippen LogP contribution in [-0.4, -0.2) is 16.8 Å². The molecule has 0 unspecified atom stereocenters. The number of carbonyl (C=O) groups excluding carboxylic acids is 2. The summed E-state index contributed by atoms with van der Waals surface area (Å²) in [7, 11) is 0. The zero-order chi connectivity index (χ0) is 20.8. The lowest BCUT2D eigenvalue weighted by atomic mass is 10.1. The van der Waals surface area contributed by atoms with Gasteiger partial charge in [-0.2, -0.15) is 0 Å². The third kappa shape index (κ3) is 4.85. The number of benzene rings is 2. The molecule has 2 amide bonds. The fourth-order valence-electron chi connectivity index (χ4n) is 2.98. The molecule has 1 aromatic heterocycles. The normalized spacial score (nSPS) is 10.4. The van der Waals surface area contributed by atoms with Crippen LogP contribution < -0.4 is 10.6 Å². The molecule has 2 N–H and O–H groups in total. The predicted molar refractivity (Wildman–Crippen MR) is 110 cm³/mol. The van der Waals surface area contributed by atoms with E-state index in [1.54, 1.807) is 30.3 Å². The van der Waals surface area contributed by atoms with Crippen LogP contribution in [0.25, 0.3) is 0 Å². The number of nitrogens with one attached hydrogen (secondary N) is 2. The first-order valence-electron chi connectivity index (χ1n) is 9.38. The van der Waals surface area contributed by atoms with Gasteiger partial charge in [0.25, 0.3) is 11.8 Å². The predicted octanol–water partition coefficient (Wildman–Crippen LogP) is 4.27. The highest BCUT2D eigenvalue weighted by atomic mass is 19.1. The second kappa shape index (κ2) is 9.10. The molecule has 0 bridgehead atoms. The summed E-state index contributed by atoms with van der Waals surface area (Å²) in [5, 5.41) is 5.52. The highest BCUT2D eigenvalue weighted by Crippen LogP contribution is 2.21. The molecule has 1 heterocycles. The zero-order valence-electron chi connectivity index (χ0n) is 16.3. The molecule has 148 valence electrons. The van der Waals surface area contributed by atoms with Gasteiger partial charge >= 0.3 is 0 Å². The number of aryl methyl sites for hydroxylation is 2. The van der Waals surface area contributed by atoms with Gasteiger partial charge in [0.1, 0.15) is 17.2 Å². The van der Waals surface area contributed by atoms with Crippen molar-refractivity contribution in [2.24, 2.45) is 0 Å². The number of halogens is 1. The van der Waals surface area contributed by atoms with E-state index in [0.717, 1.165) is 23.2 Å². The molecule has 3 rings (SSSR count). The van der Waals surface area contributed by atoms with Crippen molar-refractivity contribution in [1.29, 1.82) is 0 Å². The van der Waals surface area contributed by atoms with E-state index in [9.17, 15) is 14.0 Å². The van der Waals surface area contributed by atoms with E-state index in [0.29, 0.717) is 5.56 Å². The number of rotatable bonds is 6. The second-order valence-corrected chi connectivity index (χ2v) is 6.60. The minimum Gasteiger partial charge on any atom is -0.347 e. The van der Waals surface area contributed by atoms with Gasteiger partial charge in [-0.05, 0) is 42.7 Å². The Morgan fingerprint density at radius 3 is 2.28 bits per heavy atom. The monoisotopic (exact) mass is 391 g/mol. The van der Waals surface area contributed by atoms with Crippen LogP contribution in [0.4, 0.5) is 10.1 Å². The average molecular weight is 391 g/mol. The zero-order valence-corrected chi connectivity index (χ0v) is 16.3.